The molecule has 0 saturated heterocycles. The zero-order valence-corrected chi connectivity index (χ0v) is 16.2. The average molecular weight is 366 g/mol. The lowest BCUT2D eigenvalue weighted by atomic mass is 10.2. The molecule has 2 aromatic heterocycles. The third kappa shape index (κ3) is 4.55. The van der Waals surface area contributed by atoms with E-state index in [0.717, 1.165) is 34.8 Å². The molecule has 142 valence electrons. The van der Waals surface area contributed by atoms with Crippen molar-refractivity contribution < 1.29 is 4.74 Å². The Kier molecular flexibility index (Phi) is 5.59. The molecule has 3 aromatic rings. The topological polar surface area (TPSA) is 90.9 Å². The second kappa shape index (κ2) is 8.07. The Balaban J connectivity index is 1.82. The Morgan fingerprint density at radius 3 is 2.67 bits per heavy atom. The van der Waals surface area contributed by atoms with Crippen molar-refractivity contribution in [1.29, 1.82) is 0 Å². The number of nitrogens with zero attached hydrogens (tertiary/aromatic N) is 4. The molecular weight excluding hydrogens is 340 g/mol. The zero-order valence-electron chi connectivity index (χ0n) is 16.2. The summed E-state index contributed by atoms with van der Waals surface area (Å²) in [6, 6.07) is 11.9. The summed E-state index contributed by atoms with van der Waals surface area (Å²) in [5, 5.41) is 7.80. The number of rotatable bonds is 7. The lowest BCUT2D eigenvalue weighted by Crippen LogP contribution is -2.10. The monoisotopic (exact) mass is 366 g/mol. The van der Waals surface area contributed by atoms with Crippen LogP contribution in [0.5, 0.6) is 5.75 Å². The highest BCUT2D eigenvalue weighted by molar-refractivity contribution is 5.61. The van der Waals surface area contributed by atoms with Gasteiger partial charge in [0, 0.05) is 25.2 Å². The van der Waals surface area contributed by atoms with Crippen LogP contribution in [0.15, 0.2) is 36.4 Å². The number of nitrogens with two attached hydrogens (primary N) is 1. The largest absolute Gasteiger partial charge is 0.491 e. The number of anilines is 2. The predicted molar refractivity (Wildman–Crippen MR) is 108 cm³/mol. The summed E-state index contributed by atoms with van der Waals surface area (Å²) in [5.41, 5.74) is 9.65. The molecule has 0 aliphatic rings. The van der Waals surface area contributed by atoms with Crippen molar-refractivity contribution >= 4 is 11.8 Å². The highest BCUT2D eigenvalue weighted by atomic mass is 16.5. The van der Waals surface area contributed by atoms with E-state index in [9.17, 15) is 0 Å². The van der Waals surface area contributed by atoms with Crippen LogP contribution >= 0.6 is 0 Å². The van der Waals surface area contributed by atoms with E-state index in [1.807, 2.05) is 62.0 Å². The van der Waals surface area contributed by atoms with Crippen LogP contribution in [-0.2, 0) is 20.0 Å². The fourth-order valence-corrected chi connectivity index (χ4v) is 2.83. The van der Waals surface area contributed by atoms with Gasteiger partial charge >= 0.3 is 0 Å². The molecule has 27 heavy (non-hydrogen) atoms. The molecule has 3 N–H and O–H groups in total. The van der Waals surface area contributed by atoms with Gasteiger partial charge in [-0.2, -0.15) is 10.1 Å². The maximum atomic E-state index is 5.93. The summed E-state index contributed by atoms with van der Waals surface area (Å²) in [7, 11) is 1.90. The molecule has 0 saturated carbocycles. The second-order valence-corrected chi connectivity index (χ2v) is 6.62. The molecule has 0 aliphatic carbocycles. The zero-order chi connectivity index (χ0) is 19.4. The number of ether oxygens (including phenoxy) is 1. The van der Waals surface area contributed by atoms with Crippen LogP contribution in [0.1, 0.15) is 32.0 Å². The van der Waals surface area contributed by atoms with E-state index in [4.69, 9.17) is 10.5 Å². The first-order chi connectivity index (χ1) is 13.0. The highest BCUT2D eigenvalue weighted by Crippen LogP contribution is 2.24. The molecule has 0 unspecified atom stereocenters. The number of hydrogen-bond donors (Lipinski definition) is 2. The number of benzene rings is 1. The number of hydrogen-bond acceptors (Lipinski definition) is 6. The molecule has 7 heteroatoms. The minimum Gasteiger partial charge on any atom is -0.491 e. The standard InChI is InChI=1S/C20H26N6O/c1-5-15-10-17(26(4)25-15)16-11-19(24-20(21)23-16)22-12-14-8-6-7-9-18(14)27-13(2)3/h6-11,13H,5,12H2,1-4H3,(H3,21,22,23,24). The Hall–Kier alpha value is -3.09. The Bertz CT molecular complexity index is 919. The van der Waals surface area contributed by atoms with Crippen molar-refractivity contribution in [3.8, 4) is 17.1 Å². The van der Waals surface area contributed by atoms with Crippen LogP contribution in [0.3, 0.4) is 0 Å². The van der Waals surface area contributed by atoms with Crippen molar-refractivity contribution in [2.45, 2.75) is 39.8 Å². The molecule has 0 amide bonds. The number of aryl methyl sites for hydroxylation is 2. The first kappa shape index (κ1) is 18.7. The van der Waals surface area contributed by atoms with Crippen molar-refractivity contribution in [3.05, 3.63) is 47.7 Å². The van der Waals surface area contributed by atoms with Gasteiger partial charge in [-0.25, -0.2) is 4.98 Å². The minimum atomic E-state index is 0.116. The minimum absolute atomic E-state index is 0.116. The molecule has 0 spiro atoms. The second-order valence-electron chi connectivity index (χ2n) is 6.62. The predicted octanol–water partition coefficient (Wildman–Crippen LogP) is 3.42. The lowest BCUT2D eigenvalue weighted by molar-refractivity contribution is 0.240. The number of para-hydroxylation sites is 1. The summed E-state index contributed by atoms with van der Waals surface area (Å²) in [6.45, 7) is 6.68. The smallest absolute Gasteiger partial charge is 0.222 e. The molecule has 0 radical (unpaired) electrons. The van der Waals surface area contributed by atoms with Gasteiger partial charge in [0.25, 0.3) is 0 Å². The molecule has 3 rings (SSSR count). The molecule has 1 aromatic carbocycles. The fraction of sp³-hybridized carbons (Fsp3) is 0.350. The van der Waals surface area contributed by atoms with E-state index >= 15 is 0 Å². The number of nitrogens with one attached hydrogen (secondary N) is 1. The molecule has 0 fully saturated rings. The highest BCUT2D eigenvalue weighted by Gasteiger charge is 2.11. The van der Waals surface area contributed by atoms with Gasteiger partial charge in [0.2, 0.25) is 5.95 Å². The van der Waals surface area contributed by atoms with Gasteiger partial charge in [-0.3, -0.25) is 4.68 Å². The normalized spacial score (nSPS) is 11.0. The van der Waals surface area contributed by atoms with Crippen molar-refractivity contribution in [2.75, 3.05) is 11.1 Å². The van der Waals surface area contributed by atoms with E-state index in [1.54, 1.807) is 0 Å². The van der Waals surface area contributed by atoms with Crippen LogP contribution in [0.2, 0.25) is 0 Å². The van der Waals surface area contributed by atoms with E-state index in [2.05, 4.69) is 27.3 Å². The maximum Gasteiger partial charge on any atom is 0.222 e. The molecular formula is C20H26N6O. The molecule has 0 bridgehead atoms. The van der Waals surface area contributed by atoms with Gasteiger partial charge in [0.1, 0.15) is 11.6 Å². The van der Waals surface area contributed by atoms with Gasteiger partial charge in [-0.15, -0.1) is 0 Å². The summed E-state index contributed by atoms with van der Waals surface area (Å²) in [5.74, 6) is 1.75. The van der Waals surface area contributed by atoms with E-state index in [1.165, 1.54) is 0 Å². The quantitative estimate of drug-likeness (QED) is 0.666. The van der Waals surface area contributed by atoms with Crippen LogP contribution < -0.4 is 15.8 Å². The third-order valence-electron chi connectivity index (χ3n) is 4.09. The van der Waals surface area contributed by atoms with E-state index in [0.29, 0.717) is 12.4 Å². The number of aromatic nitrogens is 4. The van der Waals surface area contributed by atoms with Gasteiger partial charge in [0.15, 0.2) is 0 Å². The Morgan fingerprint density at radius 1 is 1.19 bits per heavy atom. The van der Waals surface area contributed by atoms with Gasteiger partial charge in [-0.05, 0) is 32.4 Å². The fourth-order valence-electron chi connectivity index (χ4n) is 2.83. The Morgan fingerprint density at radius 2 is 1.96 bits per heavy atom. The molecule has 0 atom stereocenters. The van der Waals surface area contributed by atoms with Crippen LogP contribution in [0, 0.1) is 0 Å². The first-order valence-corrected chi connectivity index (χ1v) is 9.12. The summed E-state index contributed by atoms with van der Waals surface area (Å²) in [4.78, 5) is 8.67. The molecule has 0 aliphatic heterocycles. The third-order valence-corrected chi connectivity index (χ3v) is 4.09. The van der Waals surface area contributed by atoms with Gasteiger partial charge in [0.05, 0.1) is 23.2 Å². The van der Waals surface area contributed by atoms with Gasteiger partial charge in [-0.1, -0.05) is 25.1 Å². The van der Waals surface area contributed by atoms with E-state index in [-0.39, 0.29) is 12.1 Å². The molecule has 7 nitrogen and oxygen atoms in total. The van der Waals surface area contributed by atoms with Crippen LogP contribution in [0.4, 0.5) is 11.8 Å². The van der Waals surface area contributed by atoms with Crippen molar-refractivity contribution in [1.82, 2.24) is 19.7 Å². The number of nitrogen functional groups attached to an aromatic ring is 1. The summed E-state index contributed by atoms with van der Waals surface area (Å²) < 4.78 is 7.69. The van der Waals surface area contributed by atoms with E-state index < -0.39 is 0 Å². The Labute approximate surface area is 159 Å². The SMILES string of the molecule is CCc1cc(-c2cc(NCc3ccccc3OC(C)C)nc(N)n2)n(C)n1. The average Bonchev–Trinajstić information content (AvgIpc) is 3.01. The van der Waals surface area contributed by atoms with Crippen LogP contribution in [-0.4, -0.2) is 25.9 Å². The van der Waals surface area contributed by atoms with Crippen molar-refractivity contribution in [3.63, 3.8) is 0 Å². The molecule has 2 heterocycles. The van der Waals surface area contributed by atoms with Crippen molar-refractivity contribution in [2.24, 2.45) is 7.05 Å². The summed E-state index contributed by atoms with van der Waals surface area (Å²) in [6.07, 6.45) is 0.983. The van der Waals surface area contributed by atoms with Gasteiger partial charge < -0.3 is 15.8 Å². The maximum absolute atomic E-state index is 5.93. The lowest BCUT2D eigenvalue weighted by Gasteiger charge is -2.15. The summed E-state index contributed by atoms with van der Waals surface area (Å²) >= 11 is 0. The van der Waals surface area contributed by atoms with Crippen LogP contribution in [0.25, 0.3) is 11.4 Å². The first-order valence-electron chi connectivity index (χ1n) is 9.12.